The highest BCUT2D eigenvalue weighted by atomic mass is 32.1. The molecule has 1 unspecified atom stereocenters. The third kappa shape index (κ3) is 3.18. The maximum atomic E-state index is 13.2. The van der Waals surface area contributed by atoms with Crippen molar-refractivity contribution in [1.29, 1.82) is 0 Å². The fourth-order valence-electron chi connectivity index (χ4n) is 3.67. The minimum absolute atomic E-state index is 0.0225. The topological polar surface area (TPSA) is 49.9 Å². The second kappa shape index (κ2) is 7.66. The number of aryl methyl sites for hydroxylation is 1. The molecule has 0 radical (unpaired) electrons. The summed E-state index contributed by atoms with van der Waals surface area (Å²) in [5.74, 6) is 0.833. The molecule has 3 rings (SSSR count). The highest BCUT2D eigenvalue weighted by molar-refractivity contribution is 7.21. The third-order valence-corrected chi connectivity index (χ3v) is 6.47. The van der Waals surface area contributed by atoms with E-state index in [4.69, 9.17) is 4.74 Å². The molecule has 1 aromatic carbocycles. The number of nitrogens with zero attached hydrogens (tertiary/aromatic N) is 2. The molecule has 2 amide bonds. The molecule has 1 saturated heterocycles. The molecule has 1 aliphatic rings. The molecule has 0 aliphatic carbocycles. The summed E-state index contributed by atoms with van der Waals surface area (Å²) in [6.45, 7) is 7.93. The van der Waals surface area contributed by atoms with Gasteiger partial charge >= 0.3 is 0 Å². The van der Waals surface area contributed by atoms with Crippen LogP contribution in [0.15, 0.2) is 18.2 Å². The monoisotopic (exact) mass is 374 g/mol. The minimum atomic E-state index is -0.332. The van der Waals surface area contributed by atoms with Gasteiger partial charge < -0.3 is 14.5 Å². The Morgan fingerprint density at radius 1 is 1.31 bits per heavy atom. The largest absolute Gasteiger partial charge is 0.497 e. The van der Waals surface area contributed by atoms with Crippen molar-refractivity contribution >= 4 is 33.2 Å². The van der Waals surface area contributed by atoms with E-state index in [0.29, 0.717) is 19.6 Å². The molecule has 0 bridgehead atoms. The standard InChI is InChI=1S/C20H26N2O3S/c1-5-21(6-2)19(23)16-8-7-11-22(16)20(24)18-13(3)15-12-14(25-4)9-10-17(15)26-18/h9-10,12,16H,5-8,11H2,1-4H3. The van der Waals surface area contributed by atoms with Crippen molar-refractivity contribution in [3.63, 3.8) is 0 Å². The maximum absolute atomic E-state index is 13.2. The van der Waals surface area contributed by atoms with Crippen LogP contribution in [0.2, 0.25) is 0 Å². The Labute approximate surface area is 158 Å². The van der Waals surface area contributed by atoms with Crippen molar-refractivity contribution in [2.24, 2.45) is 0 Å². The van der Waals surface area contributed by atoms with E-state index in [0.717, 1.165) is 39.1 Å². The summed E-state index contributed by atoms with van der Waals surface area (Å²) in [5.41, 5.74) is 0.967. The first kappa shape index (κ1) is 18.7. The lowest BCUT2D eigenvalue weighted by Gasteiger charge is -2.29. The lowest BCUT2D eigenvalue weighted by molar-refractivity contribution is -0.134. The van der Waals surface area contributed by atoms with Crippen LogP contribution < -0.4 is 4.74 Å². The molecule has 1 aromatic heterocycles. The molecule has 0 spiro atoms. The van der Waals surface area contributed by atoms with Crippen molar-refractivity contribution in [2.75, 3.05) is 26.7 Å². The number of likely N-dealkylation sites (N-methyl/N-ethyl adjacent to an activating group) is 1. The van der Waals surface area contributed by atoms with Crippen molar-refractivity contribution in [2.45, 2.75) is 39.7 Å². The van der Waals surface area contributed by atoms with Gasteiger partial charge in [0.1, 0.15) is 11.8 Å². The first-order valence-electron chi connectivity index (χ1n) is 9.18. The normalized spacial score (nSPS) is 16.9. The lowest BCUT2D eigenvalue weighted by Crippen LogP contribution is -2.47. The van der Waals surface area contributed by atoms with Crippen LogP contribution in [0.5, 0.6) is 5.75 Å². The van der Waals surface area contributed by atoms with Crippen LogP contribution >= 0.6 is 11.3 Å². The van der Waals surface area contributed by atoms with Gasteiger partial charge in [-0.3, -0.25) is 9.59 Å². The van der Waals surface area contributed by atoms with Crippen molar-refractivity contribution in [1.82, 2.24) is 9.80 Å². The Morgan fingerprint density at radius 3 is 2.69 bits per heavy atom. The van der Waals surface area contributed by atoms with Gasteiger partial charge in [-0.15, -0.1) is 11.3 Å². The molecule has 1 atom stereocenters. The summed E-state index contributed by atoms with van der Waals surface area (Å²) in [6.07, 6.45) is 1.63. The molecular weight excluding hydrogens is 348 g/mol. The van der Waals surface area contributed by atoms with Crippen LogP contribution in [-0.4, -0.2) is 54.4 Å². The van der Waals surface area contributed by atoms with Gasteiger partial charge in [0.15, 0.2) is 0 Å². The molecule has 6 heteroatoms. The summed E-state index contributed by atoms with van der Waals surface area (Å²) < 4.78 is 6.37. The SMILES string of the molecule is CCN(CC)C(=O)C1CCCN1C(=O)c1sc2ccc(OC)cc2c1C. The van der Waals surface area contributed by atoms with E-state index in [9.17, 15) is 9.59 Å². The first-order valence-corrected chi connectivity index (χ1v) is 10.00. The number of carbonyl (C=O) groups is 2. The molecule has 1 fully saturated rings. The van der Waals surface area contributed by atoms with Gasteiger partial charge in [0.2, 0.25) is 5.91 Å². The van der Waals surface area contributed by atoms with Gasteiger partial charge in [-0.1, -0.05) is 0 Å². The van der Waals surface area contributed by atoms with Crippen LogP contribution in [-0.2, 0) is 4.79 Å². The van der Waals surface area contributed by atoms with Crippen LogP contribution in [0.4, 0.5) is 0 Å². The van der Waals surface area contributed by atoms with Crippen molar-refractivity contribution in [3.8, 4) is 5.75 Å². The summed E-state index contributed by atoms with van der Waals surface area (Å²) in [4.78, 5) is 30.4. The molecule has 0 N–H and O–H groups in total. The zero-order chi connectivity index (χ0) is 18.8. The molecule has 2 aromatic rings. The Kier molecular flexibility index (Phi) is 5.51. The van der Waals surface area contributed by atoms with E-state index >= 15 is 0 Å². The van der Waals surface area contributed by atoms with Gasteiger partial charge in [-0.25, -0.2) is 0 Å². The van der Waals surface area contributed by atoms with Gasteiger partial charge in [-0.2, -0.15) is 0 Å². The van der Waals surface area contributed by atoms with E-state index in [1.807, 2.05) is 43.9 Å². The van der Waals surface area contributed by atoms with Gasteiger partial charge in [0.05, 0.1) is 12.0 Å². The number of methoxy groups -OCH3 is 1. The van der Waals surface area contributed by atoms with E-state index < -0.39 is 0 Å². The quantitative estimate of drug-likeness (QED) is 0.802. The number of benzene rings is 1. The summed E-state index contributed by atoms with van der Waals surface area (Å²) in [6, 6.07) is 5.54. The van der Waals surface area contributed by atoms with Crippen LogP contribution in [0.3, 0.4) is 0 Å². The molecule has 140 valence electrons. The molecular formula is C20H26N2O3S. The predicted octanol–water partition coefficient (Wildman–Crippen LogP) is 3.69. The number of fused-ring (bicyclic) bond motifs is 1. The number of rotatable bonds is 5. The minimum Gasteiger partial charge on any atom is -0.497 e. The number of hydrogen-bond donors (Lipinski definition) is 0. The Morgan fingerprint density at radius 2 is 2.04 bits per heavy atom. The maximum Gasteiger partial charge on any atom is 0.264 e. The van der Waals surface area contributed by atoms with E-state index in [1.54, 1.807) is 12.0 Å². The third-order valence-electron chi connectivity index (χ3n) is 5.21. The number of hydrogen-bond acceptors (Lipinski definition) is 4. The second-order valence-corrected chi connectivity index (χ2v) is 7.64. The van der Waals surface area contributed by atoms with Crippen LogP contribution in [0, 0.1) is 6.92 Å². The fraction of sp³-hybridized carbons (Fsp3) is 0.500. The van der Waals surface area contributed by atoms with Crippen molar-refractivity contribution in [3.05, 3.63) is 28.6 Å². The Balaban J connectivity index is 1.92. The van der Waals surface area contributed by atoms with Gasteiger partial charge in [-0.05, 0) is 62.8 Å². The van der Waals surface area contributed by atoms with Gasteiger partial charge in [0.25, 0.3) is 5.91 Å². The zero-order valence-electron chi connectivity index (χ0n) is 15.9. The molecule has 26 heavy (non-hydrogen) atoms. The highest BCUT2D eigenvalue weighted by Crippen LogP contribution is 2.35. The Hall–Kier alpha value is -2.08. The van der Waals surface area contributed by atoms with E-state index in [-0.39, 0.29) is 17.9 Å². The highest BCUT2D eigenvalue weighted by Gasteiger charge is 2.37. The lowest BCUT2D eigenvalue weighted by atomic mass is 10.1. The molecule has 5 nitrogen and oxygen atoms in total. The van der Waals surface area contributed by atoms with Crippen LogP contribution in [0.25, 0.3) is 10.1 Å². The number of ether oxygens (including phenoxy) is 1. The number of thiophene rings is 1. The molecule has 1 aliphatic heterocycles. The number of likely N-dealkylation sites (tertiary alicyclic amines) is 1. The number of amides is 2. The summed E-state index contributed by atoms with van der Waals surface area (Å²) in [5, 5.41) is 1.04. The molecule has 2 heterocycles. The smallest absolute Gasteiger partial charge is 0.264 e. The zero-order valence-corrected chi connectivity index (χ0v) is 16.7. The number of carbonyl (C=O) groups excluding carboxylic acids is 2. The van der Waals surface area contributed by atoms with Gasteiger partial charge in [0, 0.05) is 24.3 Å². The summed E-state index contributed by atoms with van der Waals surface area (Å²) >= 11 is 1.50. The first-order chi connectivity index (χ1) is 12.5. The Bertz CT molecular complexity index is 826. The second-order valence-electron chi connectivity index (χ2n) is 6.59. The average molecular weight is 375 g/mol. The average Bonchev–Trinajstić information content (AvgIpc) is 3.27. The summed E-state index contributed by atoms with van der Waals surface area (Å²) in [7, 11) is 1.64. The van der Waals surface area contributed by atoms with E-state index in [2.05, 4.69) is 0 Å². The predicted molar refractivity (Wildman–Crippen MR) is 105 cm³/mol. The van der Waals surface area contributed by atoms with E-state index in [1.165, 1.54) is 11.3 Å². The van der Waals surface area contributed by atoms with Crippen LogP contribution in [0.1, 0.15) is 41.9 Å². The van der Waals surface area contributed by atoms with Crippen molar-refractivity contribution < 1.29 is 14.3 Å². The molecule has 0 saturated carbocycles. The fourth-order valence-corrected chi connectivity index (χ4v) is 4.82.